The lowest BCUT2D eigenvalue weighted by Crippen LogP contribution is -2.32. The molecule has 2 N–H and O–H groups in total. The lowest BCUT2D eigenvalue weighted by molar-refractivity contribution is -0.119. The van der Waals surface area contributed by atoms with Crippen LogP contribution in [0.3, 0.4) is 0 Å². The third-order valence-corrected chi connectivity index (χ3v) is 2.53. The number of aryl methyl sites for hydroxylation is 1. The van der Waals surface area contributed by atoms with Crippen LogP contribution in [0.1, 0.15) is 17.2 Å². The van der Waals surface area contributed by atoms with Crippen LogP contribution < -0.4 is 5.32 Å². The molecule has 0 aliphatic carbocycles. The van der Waals surface area contributed by atoms with Crippen LogP contribution in [0.25, 0.3) is 0 Å². The molecule has 0 fully saturated rings. The first-order valence-electron chi connectivity index (χ1n) is 4.81. The average molecular weight is 262 g/mol. The number of amides is 1. The van der Waals surface area contributed by atoms with Gasteiger partial charge in [0.25, 0.3) is 5.91 Å². The van der Waals surface area contributed by atoms with Crippen LogP contribution >= 0.6 is 23.2 Å². The summed E-state index contributed by atoms with van der Waals surface area (Å²) in [5.41, 5.74) is 1.85. The predicted molar refractivity (Wildman–Crippen MR) is 64.6 cm³/mol. The van der Waals surface area contributed by atoms with E-state index in [0.717, 1.165) is 11.1 Å². The van der Waals surface area contributed by atoms with Gasteiger partial charge in [-0.25, -0.2) is 0 Å². The van der Waals surface area contributed by atoms with Crippen LogP contribution in [0, 0.1) is 6.92 Å². The van der Waals surface area contributed by atoms with Crippen molar-refractivity contribution in [1.82, 2.24) is 5.32 Å². The van der Waals surface area contributed by atoms with Gasteiger partial charge in [0.15, 0.2) is 4.84 Å². The summed E-state index contributed by atoms with van der Waals surface area (Å²) in [5, 5.41) is 12.2. The summed E-state index contributed by atoms with van der Waals surface area (Å²) >= 11 is 10.7. The first kappa shape index (κ1) is 13.3. The molecule has 0 bridgehead atoms. The van der Waals surface area contributed by atoms with E-state index in [0.29, 0.717) is 0 Å². The fourth-order valence-corrected chi connectivity index (χ4v) is 1.34. The lowest BCUT2D eigenvalue weighted by atomic mass is 10.1. The number of aliphatic hydroxyl groups is 1. The van der Waals surface area contributed by atoms with Gasteiger partial charge in [0.05, 0.1) is 6.10 Å². The van der Waals surface area contributed by atoms with E-state index in [1.807, 2.05) is 31.2 Å². The minimum absolute atomic E-state index is 0.0951. The summed E-state index contributed by atoms with van der Waals surface area (Å²) in [4.78, 5) is 9.94. The third kappa shape index (κ3) is 4.00. The average Bonchev–Trinajstić information content (AvgIpc) is 2.26. The summed E-state index contributed by atoms with van der Waals surface area (Å²) in [7, 11) is 0. The van der Waals surface area contributed by atoms with Crippen LogP contribution in [0.5, 0.6) is 0 Å². The second kappa shape index (κ2) is 6.09. The van der Waals surface area contributed by atoms with Gasteiger partial charge in [0, 0.05) is 6.54 Å². The number of aliphatic hydroxyl groups excluding tert-OH is 1. The number of carbonyl (C=O) groups is 1. The molecular formula is C11H13Cl2NO2. The van der Waals surface area contributed by atoms with Gasteiger partial charge in [-0.2, -0.15) is 0 Å². The minimum Gasteiger partial charge on any atom is -0.387 e. The Morgan fingerprint density at radius 3 is 2.44 bits per heavy atom. The highest BCUT2D eigenvalue weighted by molar-refractivity contribution is 6.53. The summed E-state index contributed by atoms with van der Waals surface area (Å²) < 4.78 is 0. The first-order chi connectivity index (χ1) is 7.50. The number of halogens is 2. The normalized spacial score (nSPS) is 12.6. The monoisotopic (exact) mass is 261 g/mol. The van der Waals surface area contributed by atoms with Gasteiger partial charge < -0.3 is 10.4 Å². The largest absolute Gasteiger partial charge is 0.387 e. The van der Waals surface area contributed by atoms with Gasteiger partial charge in [0.1, 0.15) is 0 Å². The van der Waals surface area contributed by atoms with E-state index >= 15 is 0 Å². The van der Waals surface area contributed by atoms with Crippen molar-refractivity contribution >= 4 is 29.1 Å². The van der Waals surface area contributed by atoms with Gasteiger partial charge in [-0.05, 0) is 12.5 Å². The molecule has 5 heteroatoms. The van der Waals surface area contributed by atoms with Crippen LogP contribution in [-0.2, 0) is 4.79 Å². The van der Waals surface area contributed by atoms with Crippen molar-refractivity contribution in [3.05, 3.63) is 35.4 Å². The van der Waals surface area contributed by atoms with Gasteiger partial charge >= 0.3 is 0 Å². The molecule has 0 saturated heterocycles. The van der Waals surface area contributed by atoms with E-state index in [2.05, 4.69) is 5.32 Å². The first-order valence-corrected chi connectivity index (χ1v) is 5.68. The van der Waals surface area contributed by atoms with Gasteiger partial charge in [-0.15, -0.1) is 0 Å². The molecule has 0 aromatic heterocycles. The van der Waals surface area contributed by atoms with E-state index in [9.17, 15) is 9.90 Å². The van der Waals surface area contributed by atoms with Crippen LogP contribution in [0.4, 0.5) is 0 Å². The highest BCUT2D eigenvalue weighted by Gasteiger charge is 2.13. The lowest BCUT2D eigenvalue weighted by Gasteiger charge is -2.12. The number of alkyl halides is 2. The summed E-state index contributed by atoms with van der Waals surface area (Å²) in [5.74, 6) is -0.505. The Morgan fingerprint density at radius 1 is 1.38 bits per heavy atom. The molecule has 0 saturated carbocycles. The molecule has 0 aliphatic rings. The Labute approximate surface area is 104 Å². The van der Waals surface area contributed by atoms with Gasteiger partial charge in [-0.3, -0.25) is 4.79 Å². The SMILES string of the molecule is Cc1ccc(C(O)CNC(=O)C(Cl)Cl)cc1. The van der Waals surface area contributed by atoms with Crippen LogP contribution in [0.2, 0.25) is 0 Å². The molecule has 16 heavy (non-hydrogen) atoms. The second-order valence-corrected chi connectivity index (χ2v) is 4.57. The van der Waals surface area contributed by atoms with Crippen molar-refractivity contribution in [2.75, 3.05) is 6.54 Å². The predicted octanol–water partition coefficient (Wildman–Crippen LogP) is 1.95. The van der Waals surface area contributed by atoms with Crippen molar-refractivity contribution < 1.29 is 9.90 Å². The van der Waals surface area contributed by atoms with Crippen LogP contribution in [0.15, 0.2) is 24.3 Å². The molecule has 0 heterocycles. The number of nitrogens with one attached hydrogen (secondary N) is 1. The molecule has 3 nitrogen and oxygen atoms in total. The fraction of sp³-hybridized carbons (Fsp3) is 0.364. The van der Waals surface area contributed by atoms with Crippen molar-refractivity contribution in [3.8, 4) is 0 Å². The Balaban J connectivity index is 2.49. The molecule has 0 aliphatic heterocycles. The number of benzene rings is 1. The third-order valence-electron chi connectivity index (χ3n) is 2.13. The van der Waals surface area contributed by atoms with E-state index < -0.39 is 16.8 Å². The molecule has 1 aromatic rings. The zero-order valence-corrected chi connectivity index (χ0v) is 10.3. The molecule has 1 amide bonds. The van der Waals surface area contributed by atoms with E-state index in [-0.39, 0.29) is 6.54 Å². The molecule has 1 atom stereocenters. The molecule has 0 radical (unpaired) electrons. The van der Waals surface area contributed by atoms with E-state index in [4.69, 9.17) is 23.2 Å². The highest BCUT2D eigenvalue weighted by atomic mass is 35.5. The topological polar surface area (TPSA) is 49.3 Å². The van der Waals surface area contributed by atoms with Gasteiger partial charge in [-0.1, -0.05) is 53.0 Å². The molecule has 0 spiro atoms. The highest BCUT2D eigenvalue weighted by Crippen LogP contribution is 2.12. The zero-order chi connectivity index (χ0) is 12.1. The van der Waals surface area contributed by atoms with E-state index in [1.165, 1.54) is 0 Å². The molecular weight excluding hydrogens is 249 g/mol. The van der Waals surface area contributed by atoms with Crippen molar-refractivity contribution in [2.24, 2.45) is 0 Å². The Bertz CT molecular complexity index is 352. The Kier molecular flexibility index (Phi) is 5.06. The summed E-state index contributed by atoms with van der Waals surface area (Å²) in [6, 6.07) is 7.41. The number of carbonyl (C=O) groups excluding carboxylic acids is 1. The fourth-order valence-electron chi connectivity index (χ4n) is 1.18. The standard InChI is InChI=1S/C11H13Cl2NO2/c1-7-2-4-8(5-3-7)9(15)6-14-11(16)10(12)13/h2-5,9-10,15H,6H2,1H3,(H,14,16). The van der Waals surface area contributed by atoms with Crippen LogP contribution in [-0.4, -0.2) is 22.4 Å². The summed E-state index contributed by atoms with van der Waals surface area (Å²) in [6.07, 6.45) is -0.753. The van der Waals surface area contributed by atoms with Crippen molar-refractivity contribution in [3.63, 3.8) is 0 Å². The van der Waals surface area contributed by atoms with E-state index in [1.54, 1.807) is 0 Å². The van der Waals surface area contributed by atoms with Gasteiger partial charge in [0.2, 0.25) is 0 Å². The molecule has 1 rings (SSSR count). The quantitative estimate of drug-likeness (QED) is 0.815. The number of hydrogen-bond acceptors (Lipinski definition) is 2. The smallest absolute Gasteiger partial charge is 0.253 e. The second-order valence-electron chi connectivity index (χ2n) is 3.47. The molecule has 1 aromatic carbocycles. The Hall–Kier alpha value is -0.770. The zero-order valence-electron chi connectivity index (χ0n) is 8.78. The molecule has 88 valence electrons. The number of hydrogen-bond donors (Lipinski definition) is 2. The Morgan fingerprint density at radius 2 is 1.94 bits per heavy atom. The summed E-state index contributed by atoms with van der Waals surface area (Å²) in [6.45, 7) is 2.06. The maximum Gasteiger partial charge on any atom is 0.253 e. The van der Waals surface area contributed by atoms with Crippen molar-refractivity contribution in [1.29, 1.82) is 0 Å². The number of rotatable bonds is 4. The maximum atomic E-state index is 11.0. The minimum atomic E-state index is -1.11. The van der Waals surface area contributed by atoms with Crippen molar-refractivity contribution in [2.45, 2.75) is 17.9 Å². The maximum absolute atomic E-state index is 11.0. The molecule has 1 unspecified atom stereocenters.